The van der Waals surface area contributed by atoms with E-state index in [2.05, 4.69) is 6.92 Å². The highest BCUT2D eigenvalue weighted by molar-refractivity contribution is 5.79. The SMILES string of the molecule is CCCCC[C@H](C)C(=O)N1CC(C)(O)C1. The van der Waals surface area contributed by atoms with Crippen LogP contribution < -0.4 is 0 Å². The Morgan fingerprint density at radius 1 is 1.47 bits per heavy atom. The van der Waals surface area contributed by atoms with Crippen molar-refractivity contribution in [2.45, 2.75) is 52.1 Å². The Morgan fingerprint density at radius 3 is 2.53 bits per heavy atom. The maximum Gasteiger partial charge on any atom is 0.225 e. The van der Waals surface area contributed by atoms with Crippen LogP contribution in [0.15, 0.2) is 0 Å². The van der Waals surface area contributed by atoms with Crippen molar-refractivity contribution in [3.05, 3.63) is 0 Å². The minimum absolute atomic E-state index is 0.118. The molecule has 1 N–H and O–H groups in total. The van der Waals surface area contributed by atoms with Crippen LogP contribution in [-0.4, -0.2) is 34.6 Å². The molecule has 1 saturated heterocycles. The first-order valence-electron chi connectivity index (χ1n) is 5.97. The van der Waals surface area contributed by atoms with Crippen LogP contribution in [0.25, 0.3) is 0 Å². The molecule has 1 aliphatic heterocycles. The molecular weight excluding hydrogens is 190 g/mol. The van der Waals surface area contributed by atoms with Gasteiger partial charge in [-0.25, -0.2) is 0 Å². The first-order valence-corrected chi connectivity index (χ1v) is 5.97. The lowest BCUT2D eigenvalue weighted by Gasteiger charge is -2.45. The van der Waals surface area contributed by atoms with Crippen molar-refractivity contribution in [3.8, 4) is 0 Å². The quantitative estimate of drug-likeness (QED) is 0.707. The number of likely N-dealkylation sites (tertiary alicyclic amines) is 1. The van der Waals surface area contributed by atoms with Crippen LogP contribution in [0.5, 0.6) is 0 Å². The molecule has 0 aliphatic carbocycles. The van der Waals surface area contributed by atoms with Gasteiger partial charge >= 0.3 is 0 Å². The molecule has 1 atom stereocenters. The van der Waals surface area contributed by atoms with Crippen LogP contribution in [0.2, 0.25) is 0 Å². The first kappa shape index (κ1) is 12.5. The van der Waals surface area contributed by atoms with E-state index >= 15 is 0 Å². The smallest absolute Gasteiger partial charge is 0.225 e. The number of hydrogen-bond acceptors (Lipinski definition) is 2. The molecule has 0 aromatic carbocycles. The zero-order valence-electron chi connectivity index (χ0n) is 10.1. The van der Waals surface area contributed by atoms with Gasteiger partial charge in [0, 0.05) is 5.92 Å². The van der Waals surface area contributed by atoms with Gasteiger partial charge in [0.15, 0.2) is 0 Å². The zero-order valence-corrected chi connectivity index (χ0v) is 10.1. The minimum atomic E-state index is -0.640. The molecule has 0 spiro atoms. The molecule has 15 heavy (non-hydrogen) atoms. The average Bonchev–Trinajstić information content (AvgIpc) is 2.13. The molecule has 0 unspecified atom stereocenters. The summed E-state index contributed by atoms with van der Waals surface area (Å²) in [6.45, 7) is 6.94. The molecule has 1 amide bonds. The van der Waals surface area contributed by atoms with Crippen molar-refractivity contribution in [1.29, 1.82) is 0 Å². The third kappa shape index (κ3) is 3.49. The Labute approximate surface area is 92.5 Å². The second kappa shape index (κ2) is 4.97. The fraction of sp³-hybridized carbons (Fsp3) is 0.917. The Bertz CT molecular complexity index is 218. The Kier molecular flexibility index (Phi) is 4.14. The summed E-state index contributed by atoms with van der Waals surface area (Å²) in [5, 5.41) is 9.53. The van der Waals surface area contributed by atoms with Gasteiger partial charge in [-0.3, -0.25) is 4.79 Å². The fourth-order valence-corrected chi connectivity index (χ4v) is 2.07. The molecule has 0 aromatic rings. The van der Waals surface area contributed by atoms with Crippen LogP contribution in [0.3, 0.4) is 0 Å². The van der Waals surface area contributed by atoms with E-state index in [1.54, 1.807) is 11.8 Å². The van der Waals surface area contributed by atoms with Gasteiger partial charge in [-0.15, -0.1) is 0 Å². The van der Waals surface area contributed by atoms with Crippen molar-refractivity contribution in [1.82, 2.24) is 4.90 Å². The van der Waals surface area contributed by atoms with Gasteiger partial charge in [-0.2, -0.15) is 0 Å². The van der Waals surface area contributed by atoms with Crippen LogP contribution in [0, 0.1) is 5.92 Å². The lowest BCUT2D eigenvalue weighted by Crippen LogP contribution is -2.62. The summed E-state index contributed by atoms with van der Waals surface area (Å²) < 4.78 is 0. The van der Waals surface area contributed by atoms with Crippen LogP contribution in [0.4, 0.5) is 0 Å². The third-order valence-electron chi connectivity index (χ3n) is 3.04. The van der Waals surface area contributed by atoms with Crippen LogP contribution in [-0.2, 0) is 4.79 Å². The van der Waals surface area contributed by atoms with Gasteiger partial charge in [-0.1, -0.05) is 33.1 Å². The van der Waals surface area contributed by atoms with Crippen molar-refractivity contribution >= 4 is 5.91 Å². The highest BCUT2D eigenvalue weighted by Crippen LogP contribution is 2.23. The van der Waals surface area contributed by atoms with Crippen molar-refractivity contribution < 1.29 is 9.90 Å². The van der Waals surface area contributed by atoms with E-state index in [9.17, 15) is 9.90 Å². The van der Waals surface area contributed by atoms with Crippen LogP contribution >= 0.6 is 0 Å². The largest absolute Gasteiger partial charge is 0.386 e. The van der Waals surface area contributed by atoms with Crippen molar-refractivity contribution in [3.63, 3.8) is 0 Å². The minimum Gasteiger partial charge on any atom is -0.386 e. The molecule has 0 aromatic heterocycles. The second-order valence-corrected chi connectivity index (χ2v) is 5.09. The van der Waals surface area contributed by atoms with E-state index in [0.717, 1.165) is 12.8 Å². The van der Waals surface area contributed by atoms with E-state index in [4.69, 9.17) is 0 Å². The number of carbonyl (C=O) groups excluding carboxylic acids is 1. The summed E-state index contributed by atoms with van der Waals surface area (Å²) in [7, 11) is 0. The van der Waals surface area contributed by atoms with Gasteiger partial charge in [0.1, 0.15) is 0 Å². The van der Waals surface area contributed by atoms with Crippen LogP contribution in [0.1, 0.15) is 46.5 Å². The number of carbonyl (C=O) groups is 1. The summed E-state index contributed by atoms with van der Waals surface area (Å²) in [5.74, 6) is 0.324. The number of hydrogen-bond donors (Lipinski definition) is 1. The van der Waals surface area contributed by atoms with E-state index in [-0.39, 0.29) is 11.8 Å². The maximum atomic E-state index is 11.8. The number of unbranched alkanes of at least 4 members (excludes halogenated alkanes) is 2. The van der Waals surface area contributed by atoms with E-state index in [1.807, 2.05) is 6.92 Å². The lowest BCUT2D eigenvalue weighted by molar-refractivity contribution is -0.156. The van der Waals surface area contributed by atoms with Crippen molar-refractivity contribution in [2.75, 3.05) is 13.1 Å². The topological polar surface area (TPSA) is 40.5 Å². The van der Waals surface area contributed by atoms with E-state index < -0.39 is 5.60 Å². The summed E-state index contributed by atoms with van der Waals surface area (Å²) >= 11 is 0. The van der Waals surface area contributed by atoms with Gasteiger partial charge in [-0.05, 0) is 13.3 Å². The van der Waals surface area contributed by atoms with Gasteiger partial charge in [0.2, 0.25) is 5.91 Å². The van der Waals surface area contributed by atoms with Gasteiger partial charge in [0.05, 0.1) is 18.7 Å². The second-order valence-electron chi connectivity index (χ2n) is 5.09. The number of nitrogens with zero attached hydrogens (tertiary/aromatic N) is 1. The third-order valence-corrected chi connectivity index (χ3v) is 3.04. The molecule has 0 bridgehead atoms. The summed E-state index contributed by atoms with van der Waals surface area (Å²) in [6.07, 6.45) is 4.51. The monoisotopic (exact) mass is 213 g/mol. The molecule has 1 fully saturated rings. The standard InChI is InChI=1S/C12H23NO2/c1-4-5-6-7-10(2)11(14)13-8-12(3,15)9-13/h10,15H,4-9H2,1-3H3/t10-/m0/s1. The first-order chi connectivity index (χ1) is 6.96. The molecule has 88 valence electrons. The molecule has 3 heteroatoms. The lowest BCUT2D eigenvalue weighted by atomic mass is 9.93. The van der Waals surface area contributed by atoms with E-state index in [1.165, 1.54) is 12.8 Å². The van der Waals surface area contributed by atoms with Gasteiger partial charge in [0.25, 0.3) is 0 Å². The molecule has 1 rings (SSSR count). The number of aliphatic hydroxyl groups is 1. The molecule has 1 heterocycles. The number of rotatable bonds is 5. The Morgan fingerprint density at radius 2 is 2.07 bits per heavy atom. The number of β-amino-alcohol motifs (C(OH)–C–C–N with tert-alkyl or cyclic N) is 1. The summed E-state index contributed by atoms with van der Waals surface area (Å²) in [6, 6.07) is 0. The molecule has 1 aliphatic rings. The molecule has 3 nitrogen and oxygen atoms in total. The number of amides is 1. The zero-order chi connectivity index (χ0) is 11.5. The molecule has 0 radical (unpaired) electrons. The molecule has 0 saturated carbocycles. The summed E-state index contributed by atoms with van der Waals surface area (Å²) in [4.78, 5) is 13.6. The van der Waals surface area contributed by atoms with Gasteiger partial charge < -0.3 is 10.0 Å². The van der Waals surface area contributed by atoms with Crippen molar-refractivity contribution in [2.24, 2.45) is 5.92 Å². The Balaban J connectivity index is 2.23. The van der Waals surface area contributed by atoms with E-state index in [0.29, 0.717) is 13.1 Å². The summed E-state index contributed by atoms with van der Waals surface area (Å²) in [5.41, 5.74) is -0.640. The fourth-order valence-electron chi connectivity index (χ4n) is 2.07. The predicted molar refractivity (Wildman–Crippen MR) is 60.5 cm³/mol. The maximum absolute atomic E-state index is 11.8. The Hall–Kier alpha value is -0.570. The molecular formula is C12H23NO2. The highest BCUT2D eigenvalue weighted by Gasteiger charge is 2.40. The normalized spacial score (nSPS) is 20.9. The predicted octanol–water partition coefficient (Wildman–Crippen LogP) is 1.80. The highest BCUT2D eigenvalue weighted by atomic mass is 16.3. The average molecular weight is 213 g/mol.